The molecule has 1 aliphatic rings. The Kier molecular flexibility index (Phi) is 5.28. The number of halogens is 1. The Balaban J connectivity index is 1.74. The second-order valence-corrected chi connectivity index (χ2v) is 6.51. The molecule has 1 fully saturated rings. The molecule has 1 aliphatic carbocycles. The molecule has 1 aromatic carbocycles. The first-order valence-corrected chi connectivity index (χ1v) is 8.07. The zero-order valence-corrected chi connectivity index (χ0v) is 13.5. The number of ether oxygens (including phenoxy) is 1. The summed E-state index contributed by atoms with van der Waals surface area (Å²) in [6, 6.07) is 8.69. The van der Waals surface area contributed by atoms with Gasteiger partial charge in [-0.1, -0.05) is 22.9 Å². The van der Waals surface area contributed by atoms with E-state index in [1.807, 2.05) is 24.3 Å². The number of hydrogen-bond donors (Lipinski definition) is 1. The molecule has 2 nitrogen and oxygen atoms in total. The molecular formula is C16H24BrNO. The molecule has 0 amide bonds. The van der Waals surface area contributed by atoms with Crippen molar-refractivity contribution >= 4 is 15.9 Å². The normalized spacial score (nSPS) is 18.1. The highest BCUT2D eigenvalue weighted by Gasteiger charge is 2.46. The van der Waals surface area contributed by atoms with Crippen molar-refractivity contribution in [2.24, 2.45) is 5.41 Å². The summed E-state index contributed by atoms with van der Waals surface area (Å²) in [5, 5.41) is 3.63. The maximum atomic E-state index is 5.84. The molecule has 1 aromatic rings. The van der Waals surface area contributed by atoms with E-state index in [2.05, 4.69) is 35.1 Å². The Bertz CT molecular complexity index is 386. The van der Waals surface area contributed by atoms with E-state index in [9.17, 15) is 0 Å². The van der Waals surface area contributed by atoms with Crippen molar-refractivity contribution in [2.45, 2.75) is 45.6 Å². The lowest BCUT2D eigenvalue weighted by molar-refractivity contribution is 0.238. The molecule has 106 valence electrons. The average molecular weight is 326 g/mol. The van der Waals surface area contributed by atoms with Crippen LogP contribution in [-0.2, 0) is 0 Å². The van der Waals surface area contributed by atoms with Crippen molar-refractivity contribution in [3.8, 4) is 5.75 Å². The third-order valence-electron chi connectivity index (χ3n) is 4.19. The summed E-state index contributed by atoms with van der Waals surface area (Å²) in [6.45, 7) is 6.48. The Morgan fingerprint density at radius 1 is 1.32 bits per heavy atom. The molecule has 3 heteroatoms. The molecule has 0 bridgehead atoms. The van der Waals surface area contributed by atoms with Gasteiger partial charge >= 0.3 is 0 Å². The second-order valence-electron chi connectivity index (χ2n) is 5.59. The fraction of sp³-hybridized carbons (Fsp3) is 0.625. The van der Waals surface area contributed by atoms with Crippen LogP contribution in [0.2, 0.25) is 0 Å². The first-order valence-electron chi connectivity index (χ1n) is 7.28. The van der Waals surface area contributed by atoms with Crippen LogP contribution in [0.1, 0.15) is 39.5 Å². The average Bonchev–Trinajstić information content (AvgIpc) is 3.19. The van der Waals surface area contributed by atoms with Crippen LogP contribution in [0.25, 0.3) is 0 Å². The fourth-order valence-corrected chi connectivity index (χ4v) is 2.80. The molecule has 1 atom stereocenters. The molecule has 1 saturated carbocycles. The Hall–Kier alpha value is -0.540. The predicted octanol–water partition coefficient (Wildman–Crippen LogP) is 4.39. The van der Waals surface area contributed by atoms with Crippen LogP contribution in [0.15, 0.2) is 28.7 Å². The van der Waals surface area contributed by atoms with Gasteiger partial charge < -0.3 is 10.1 Å². The number of hydrogen-bond acceptors (Lipinski definition) is 2. The van der Waals surface area contributed by atoms with Crippen molar-refractivity contribution in [2.75, 3.05) is 13.2 Å². The van der Waals surface area contributed by atoms with Crippen LogP contribution in [0.3, 0.4) is 0 Å². The highest BCUT2D eigenvalue weighted by molar-refractivity contribution is 9.10. The van der Waals surface area contributed by atoms with E-state index in [1.54, 1.807) is 0 Å². The minimum Gasteiger partial charge on any atom is -0.494 e. The van der Waals surface area contributed by atoms with Crippen molar-refractivity contribution in [1.82, 2.24) is 5.32 Å². The van der Waals surface area contributed by atoms with Gasteiger partial charge in [0.2, 0.25) is 0 Å². The lowest BCUT2D eigenvalue weighted by Gasteiger charge is -2.24. The van der Waals surface area contributed by atoms with Crippen LogP contribution in [0.5, 0.6) is 5.75 Å². The number of rotatable bonds is 8. The van der Waals surface area contributed by atoms with Gasteiger partial charge in [-0.3, -0.25) is 0 Å². The van der Waals surface area contributed by atoms with Crippen molar-refractivity contribution in [3.63, 3.8) is 0 Å². The van der Waals surface area contributed by atoms with Gasteiger partial charge in [0.1, 0.15) is 5.75 Å². The fourth-order valence-electron chi connectivity index (χ4n) is 2.54. The summed E-state index contributed by atoms with van der Waals surface area (Å²) in [5.41, 5.74) is 0.491. The lowest BCUT2D eigenvalue weighted by Crippen LogP contribution is -2.36. The third-order valence-corrected chi connectivity index (χ3v) is 4.72. The maximum absolute atomic E-state index is 5.84. The highest BCUT2D eigenvalue weighted by Crippen LogP contribution is 2.51. The highest BCUT2D eigenvalue weighted by atomic mass is 79.9. The van der Waals surface area contributed by atoms with E-state index in [0.29, 0.717) is 11.5 Å². The molecule has 1 unspecified atom stereocenters. The lowest BCUT2D eigenvalue weighted by atomic mass is 9.94. The first kappa shape index (κ1) is 14.9. The number of benzene rings is 1. The maximum Gasteiger partial charge on any atom is 0.119 e. The molecule has 0 aliphatic heterocycles. The van der Waals surface area contributed by atoms with E-state index in [1.165, 1.54) is 19.3 Å². The SMILES string of the molecule is CCCNC(C)C1(CCOc2ccc(Br)cc2)CC1. The minimum absolute atomic E-state index is 0.491. The van der Waals surface area contributed by atoms with Crippen LogP contribution in [0.4, 0.5) is 0 Å². The second kappa shape index (κ2) is 6.76. The summed E-state index contributed by atoms with van der Waals surface area (Å²) < 4.78 is 6.94. The van der Waals surface area contributed by atoms with Gasteiger partial charge in [-0.2, -0.15) is 0 Å². The topological polar surface area (TPSA) is 21.3 Å². The van der Waals surface area contributed by atoms with Gasteiger partial charge in [0.05, 0.1) is 6.61 Å². The zero-order chi connectivity index (χ0) is 13.7. The monoisotopic (exact) mass is 325 g/mol. The van der Waals surface area contributed by atoms with E-state index in [4.69, 9.17) is 4.74 Å². The molecule has 0 saturated heterocycles. The van der Waals surface area contributed by atoms with Crippen molar-refractivity contribution in [3.05, 3.63) is 28.7 Å². The molecular weight excluding hydrogens is 302 g/mol. The summed E-state index contributed by atoms with van der Waals surface area (Å²) in [6.07, 6.45) is 5.04. The molecule has 0 radical (unpaired) electrons. The van der Waals surface area contributed by atoms with Crippen molar-refractivity contribution in [1.29, 1.82) is 0 Å². The Morgan fingerprint density at radius 3 is 2.58 bits per heavy atom. The van der Waals surface area contributed by atoms with Crippen LogP contribution in [-0.4, -0.2) is 19.2 Å². The minimum atomic E-state index is 0.491. The van der Waals surface area contributed by atoms with Gasteiger partial charge in [-0.25, -0.2) is 0 Å². The zero-order valence-electron chi connectivity index (χ0n) is 11.9. The summed E-state index contributed by atoms with van der Waals surface area (Å²) in [4.78, 5) is 0. The van der Waals surface area contributed by atoms with E-state index in [-0.39, 0.29) is 0 Å². The van der Waals surface area contributed by atoms with Crippen molar-refractivity contribution < 1.29 is 4.74 Å². The number of nitrogens with one attached hydrogen (secondary N) is 1. The standard InChI is InChI=1S/C16H24BrNO/c1-3-11-18-13(2)16(8-9-16)10-12-19-15-6-4-14(17)5-7-15/h4-7,13,18H,3,8-12H2,1-2H3. The first-order chi connectivity index (χ1) is 9.16. The summed E-state index contributed by atoms with van der Waals surface area (Å²) in [5.74, 6) is 0.966. The molecule has 0 spiro atoms. The molecule has 0 heterocycles. The van der Waals surface area contributed by atoms with Gasteiger partial charge in [-0.05, 0) is 68.8 Å². The molecule has 0 aromatic heterocycles. The Labute approximate surface area is 125 Å². The molecule has 2 rings (SSSR count). The van der Waals surface area contributed by atoms with E-state index < -0.39 is 0 Å². The van der Waals surface area contributed by atoms with Crippen LogP contribution >= 0.6 is 15.9 Å². The summed E-state index contributed by atoms with van der Waals surface area (Å²) >= 11 is 3.43. The van der Waals surface area contributed by atoms with Gasteiger partial charge in [-0.15, -0.1) is 0 Å². The summed E-state index contributed by atoms with van der Waals surface area (Å²) in [7, 11) is 0. The smallest absolute Gasteiger partial charge is 0.119 e. The predicted molar refractivity (Wildman–Crippen MR) is 83.7 cm³/mol. The van der Waals surface area contributed by atoms with E-state index >= 15 is 0 Å². The largest absolute Gasteiger partial charge is 0.494 e. The molecule has 19 heavy (non-hydrogen) atoms. The Morgan fingerprint density at radius 2 is 2.00 bits per heavy atom. The molecule has 1 N–H and O–H groups in total. The van der Waals surface area contributed by atoms with Crippen LogP contribution in [0, 0.1) is 5.41 Å². The van der Waals surface area contributed by atoms with E-state index in [0.717, 1.165) is 29.8 Å². The van der Waals surface area contributed by atoms with Gasteiger partial charge in [0.25, 0.3) is 0 Å². The van der Waals surface area contributed by atoms with Gasteiger partial charge in [0, 0.05) is 10.5 Å². The quantitative estimate of drug-likeness (QED) is 0.765. The van der Waals surface area contributed by atoms with Gasteiger partial charge in [0.15, 0.2) is 0 Å². The third kappa shape index (κ3) is 4.22. The van der Waals surface area contributed by atoms with Crippen LogP contribution < -0.4 is 10.1 Å².